The lowest BCUT2D eigenvalue weighted by atomic mass is 10.2. The average molecular weight is 326 g/mol. The standard InChI is InChI=1S/C14H18N2O5S/c1-16-8-9-7-14(9,22(16,18)19)13(17)15-10-4-5-11(20-2)12(6-10)21-3/h4-6,9H,7-8H2,1-3H3,(H,15,17)/t9-,14+/m0/s1. The summed E-state index contributed by atoms with van der Waals surface area (Å²) >= 11 is 0. The third-order valence-corrected chi connectivity index (χ3v) is 7.00. The maximum atomic E-state index is 12.5. The fourth-order valence-electron chi connectivity index (χ4n) is 3.07. The van der Waals surface area contributed by atoms with Gasteiger partial charge in [0.05, 0.1) is 14.2 Å². The largest absolute Gasteiger partial charge is 0.493 e. The lowest BCUT2D eigenvalue weighted by Gasteiger charge is -2.17. The maximum Gasteiger partial charge on any atom is 0.247 e. The van der Waals surface area contributed by atoms with Gasteiger partial charge in [0.1, 0.15) is 0 Å². The Labute approximate surface area is 129 Å². The Morgan fingerprint density at radius 1 is 1.32 bits per heavy atom. The number of benzene rings is 1. The average Bonchev–Trinajstić information content (AvgIpc) is 3.18. The predicted molar refractivity (Wildman–Crippen MR) is 80.6 cm³/mol. The molecule has 1 heterocycles. The summed E-state index contributed by atoms with van der Waals surface area (Å²) in [5.41, 5.74) is 0.479. The molecule has 0 unspecified atom stereocenters. The summed E-state index contributed by atoms with van der Waals surface area (Å²) in [5.74, 6) is 0.407. The second-order valence-corrected chi connectivity index (χ2v) is 7.90. The van der Waals surface area contributed by atoms with Crippen LogP contribution in [0.2, 0.25) is 0 Å². The molecule has 22 heavy (non-hydrogen) atoms. The van der Waals surface area contributed by atoms with E-state index in [1.165, 1.54) is 25.6 Å². The van der Waals surface area contributed by atoms with E-state index in [-0.39, 0.29) is 5.92 Å². The lowest BCUT2D eigenvalue weighted by molar-refractivity contribution is -0.116. The Hall–Kier alpha value is -1.80. The molecule has 2 fully saturated rings. The van der Waals surface area contributed by atoms with E-state index in [0.29, 0.717) is 30.2 Å². The second-order valence-electron chi connectivity index (χ2n) is 5.60. The Morgan fingerprint density at radius 3 is 2.55 bits per heavy atom. The van der Waals surface area contributed by atoms with Gasteiger partial charge in [-0.05, 0) is 18.6 Å². The van der Waals surface area contributed by atoms with E-state index in [2.05, 4.69) is 5.32 Å². The second kappa shape index (κ2) is 4.85. The van der Waals surface area contributed by atoms with Crippen LogP contribution >= 0.6 is 0 Å². The van der Waals surface area contributed by atoms with Crippen molar-refractivity contribution in [3.8, 4) is 11.5 Å². The summed E-state index contributed by atoms with van der Waals surface area (Å²) < 4.78 is 34.9. The van der Waals surface area contributed by atoms with E-state index in [1.807, 2.05) is 0 Å². The zero-order valence-corrected chi connectivity index (χ0v) is 13.4. The van der Waals surface area contributed by atoms with Crippen LogP contribution in [0.5, 0.6) is 11.5 Å². The van der Waals surface area contributed by atoms with Gasteiger partial charge in [-0.25, -0.2) is 12.7 Å². The monoisotopic (exact) mass is 326 g/mol. The van der Waals surface area contributed by atoms with Crippen molar-refractivity contribution in [3.05, 3.63) is 18.2 Å². The van der Waals surface area contributed by atoms with Gasteiger partial charge < -0.3 is 14.8 Å². The number of carbonyl (C=O) groups is 1. The first kappa shape index (κ1) is 15.1. The van der Waals surface area contributed by atoms with Crippen molar-refractivity contribution in [3.63, 3.8) is 0 Å². The van der Waals surface area contributed by atoms with Crippen LogP contribution in [0.1, 0.15) is 6.42 Å². The van der Waals surface area contributed by atoms with Crippen LogP contribution in [-0.4, -0.2) is 51.2 Å². The number of carbonyl (C=O) groups excluding carboxylic acids is 1. The van der Waals surface area contributed by atoms with Gasteiger partial charge in [-0.15, -0.1) is 0 Å². The van der Waals surface area contributed by atoms with Gasteiger partial charge in [0.15, 0.2) is 16.2 Å². The number of nitrogens with zero attached hydrogens (tertiary/aromatic N) is 1. The van der Waals surface area contributed by atoms with Crippen LogP contribution in [0.25, 0.3) is 0 Å². The highest BCUT2D eigenvalue weighted by Crippen LogP contribution is 2.57. The van der Waals surface area contributed by atoms with Crippen LogP contribution in [0.3, 0.4) is 0 Å². The summed E-state index contributed by atoms with van der Waals surface area (Å²) in [7, 11) is 0.947. The first-order chi connectivity index (χ1) is 10.4. The van der Waals surface area contributed by atoms with E-state index in [1.54, 1.807) is 18.2 Å². The van der Waals surface area contributed by atoms with Crippen molar-refractivity contribution in [2.45, 2.75) is 11.2 Å². The molecule has 7 nitrogen and oxygen atoms in total. The van der Waals surface area contributed by atoms with Gasteiger partial charge in [-0.3, -0.25) is 4.79 Å². The highest BCUT2D eigenvalue weighted by molar-refractivity contribution is 7.92. The van der Waals surface area contributed by atoms with Gasteiger partial charge in [-0.1, -0.05) is 0 Å². The Balaban J connectivity index is 1.85. The molecule has 2 aliphatic rings. The molecule has 2 atom stereocenters. The quantitative estimate of drug-likeness (QED) is 0.879. The Kier molecular flexibility index (Phi) is 3.33. The third-order valence-electron chi connectivity index (χ3n) is 4.42. The number of rotatable bonds is 4. The molecule has 8 heteroatoms. The number of hydrogen-bond donors (Lipinski definition) is 1. The minimum absolute atomic E-state index is 0.123. The van der Waals surface area contributed by atoms with Crippen LogP contribution in [0, 0.1) is 5.92 Å². The van der Waals surface area contributed by atoms with Crippen molar-refractivity contribution in [1.82, 2.24) is 4.31 Å². The van der Waals surface area contributed by atoms with Gasteiger partial charge in [-0.2, -0.15) is 0 Å². The number of fused-ring (bicyclic) bond motifs is 1. The summed E-state index contributed by atoms with van der Waals surface area (Å²) in [6, 6.07) is 4.92. The molecule has 3 rings (SSSR count). The first-order valence-corrected chi connectivity index (χ1v) is 8.30. The third kappa shape index (κ3) is 1.90. The van der Waals surface area contributed by atoms with E-state index < -0.39 is 20.7 Å². The van der Waals surface area contributed by atoms with Crippen molar-refractivity contribution in [2.24, 2.45) is 5.92 Å². The Morgan fingerprint density at radius 2 is 2.00 bits per heavy atom. The molecule has 0 aromatic heterocycles. The van der Waals surface area contributed by atoms with Crippen LogP contribution in [-0.2, 0) is 14.8 Å². The van der Waals surface area contributed by atoms with Gasteiger partial charge >= 0.3 is 0 Å². The fourth-order valence-corrected chi connectivity index (χ4v) is 5.19. The normalized spacial score (nSPS) is 28.8. The van der Waals surface area contributed by atoms with Crippen LogP contribution in [0.4, 0.5) is 5.69 Å². The number of sulfonamides is 1. The molecule has 1 N–H and O–H groups in total. The van der Waals surface area contributed by atoms with Gasteiger partial charge in [0, 0.05) is 31.3 Å². The van der Waals surface area contributed by atoms with Gasteiger partial charge in [0.2, 0.25) is 15.9 Å². The molecule has 1 aliphatic heterocycles. The van der Waals surface area contributed by atoms with Gasteiger partial charge in [0.25, 0.3) is 0 Å². The molecule has 1 saturated heterocycles. The molecule has 1 aliphatic carbocycles. The minimum Gasteiger partial charge on any atom is -0.493 e. The summed E-state index contributed by atoms with van der Waals surface area (Å²) in [6.45, 7) is 0.404. The Bertz CT molecular complexity index is 733. The van der Waals surface area contributed by atoms with E-state index >= 15 is 0 Å². The summed E-state index contributed by atoms with van der Waals surface area (Å²) in [5, 5.41) is 2.69. The molecule has 1 aromatic rings. The highest BCUT2D eigenvalue weighted by Gasteiger charge is 2.74. The molecule has 1 aromatic carbocycles. The van der Waals surface area contributed by atoms with Crippen LogP contribution in [0.15, 0.2) is 18.2 Å². The number of ether oxygens (including phenoxy) is 2. The fraction of sp³-hybridized carbons (Fsp3) is 0.500. The van der Waals surface area contributed by atoms with Crippen molar-refractivity contribution in [2.75, 3.05) is 33.1 Å². The smallest absolute Gasteiger partial charge is 0.247 e. The number of methoxy groups -OCH3 is 2. The highest BCUT2D eigenvalue weighted by atomic mass is 32.2. The zero-order chi connectivity index (χ0) is 16.1. The van der Waals surface area contributed by atoms with Crippen molar-refractivity contribution >= 4 is 21.6 Å². The van der Waals surface area contributed by atoms with Crippen molar-refractivity contribution < 1.29 is 22.7 Å². The molecule has 0 spiro atoms. The molecular weight excluding hydrogens is 308 g/mol. The van der Waals surface area contributed by atoms with E-state index in [9.17, 15) is 13.2 Å². The molecular formula is C14H18N2O5S. The number of amides is 1. The number of anilines is 1. The predicted octanol–water partition coefficient (Wildman–Crippen LogP) is 0.676. The lowest BCUT2D eigenvalue weighted by Crippen LogP contribution is -2.40. The topological polar surface area (TPSA) is 84.9 Å². The SMILES string of the molecule is COc1ccc(NC(=O)[C@@]23C[C@H]2CN(C)S3(=O)=O)cc1OC. The minimum atomic E-state index is -3.57. The summed E-state index contributed by atoms with van der Waals surface area (Å²) in [4.78, 5) is 12.5. The van der Waals surface area contributed by atoms with Crippen molar-refractivity contribution in [1.29, 1.82) is 0 Å². The molecule has 1 amide bonds. The van der Waals surface area contributed by atoms with Crippen LogP contribution < -0.4 is 14.8 Å². The molecule has 1 saturated carbocycles. The van der Waals surface area contributed by atoms with E-state index in [4.69, 9.17) is 9.47 Å². The molecule has 0 bridgehead atoms. The molecule has 120 valence electrons. The van der Waals surface area contributed by atoms with E-state index in [0.717, 1.165) is 0 Å². The number of nitrogens with one attached hydrogen (secondary N) is 1. The first-order valence-electron chi connectivity index (χ1n) is 6.86. The zero-order valence-electron chi connectivity index (χ0n) is 12.6. The maximum absolute atomic E-state index is 12.5. The number of hydrogen-bond acceptors (Lipinski definition) is 5. The summed E-state index contributed by atoms with van der Waals surface area (Å²) in [6.07, 6.45) is 0.388. The molecule has 0 radical (unpaired) electrons.